The Morgan fingerprint density at radius 2 is 1.72 bits per heavy atom. The fourth-order valence-electron chi connectivity index (χ4n) is 1.23. The fraction of sp³-hybridized carbons (Fsp3) is 0.0909. The van der Waals surface area contributed by atoms with Crippen LogP contribution in [0.15, 0.2) is 47.6 Å². The average molecular weight is 268 g/mol. The van der Waals surface area contributed by atoms with Gasteiger partial charge in [-0.15, -0.1) is 3.89 Å². The van der Waals surface area contributed by atoms with Crippen molar-refractivity contribution in [1.82, 2.24) is 9.97 Å². The van der Waals surface area contributed by atoms with E-state index < -0.39 is 15.1 Å². The molecule has 0 fully saturated rings. The number of ether oxygens (including phenoxy) is 1. The molecule has 0 radical (unpaired) electrons. The lowest BCUT2D eigenvalue weighted by atomic mass is 10.2. The lowest BCUT2D eigenvalue weighted by Crippen LogP contribution is -2.01. The number of aromatic nitrogens is 2. The van der Waals surface area contributed by atoms with Crippen LogP contribution in [0.3, 0.4) is 0 Å². The Morgan fingerprint density at radius 3 is 2.28 bits per heavy atom. The van der Waals surface area contributed by atoms with E-state index in [0.29, 0.717) is 0 Å². The second-order valence-corrected chi connectivity index (χ2v) is 4.76. The van der Waals surface area contributed by atoms with Crippen molar-refractivity contribution < 1.29 is 17.0 Å². The molecule has 0 N–H and O–H groups in total. The SMILES string of the molecule is O=S(=O)(F)c1cnc(OCc2ccccc2)nc1. The summed E-state index contributed by atoms with van der Waals surface area (Å²) in [6, 6.07) is 9.31. The van der Waals surface area contributed by atoms with Gasteiger partial charge in [-0.3, -0.25) is 0 Å². The predicted octanol–water partition coefficient (Wildman–Crippen LogP) is 1.71. The minimum absolute atomic E-state index is 0.00810. The highest BCUT2D eigenvalue weighted by Gasteiger charge is 2.13. The van der Waals surface area contributed by atoms with Gasteiger partial charge >= 0.3 is 16.2 Å². The van der Waals surface area contributed by atoms with Gasteiger partial charge in [-0.2, -0.15) is 8.42 Å². The minimum atomic E-state index is -4.77. The summed E-state index contributed by atoms with van der Waals surface area (Å²) in [6.07, 6.45) is 1.73. The normalized spacial score (nSPS) is 11.2. The molecule has 94 valence electrons. The molecule has 0 amide bonds. The summed E-state index contributed by atoms with van der Waals surface area (Å²) in [4.78, 5) is 6.63. The van der Waals surface area contributed by atoms with Crippen LogP contribution in [0.1, 0.15) is 5.56 Å². The first kappa shape index (κ1) is 12.4. The average Bonchev–Trinajstić information content (AvgIpc) is 2.37. The van der Waals surface area contributed by atoms with Crippen molar-refractivity contribution >= 4 is 10.2 Å². The van der Waals surface area contributed by atoms with Crippen molar-refractivity contribution in [1.29, 1.82) is 0 Å². The molecule has 2 rings (SSSR count). The van der Waals surface area contributed by atoms with Gasteiger partial charge in [-0.05, 0) is 5.56 Å². The van der Waals surface area contributed by atoms with E-state index in [1.165, 1.54) is 0 Å². The van der Waals surface area contributed by atoms with Crippen LogP contribution >= 0.6 is 0 Å². The second kappa shape index (κ2) is 5.09. The summed E-state index contributed by atoms with van der Waals surface area (Å²) in [5, 5.41) is 0. The van der Waals surface area contributed by atoms with Gasteiger partial charge in [0.2, 0.25) is 0 Å². The van der Waals surface area contributed by atoms with Gasteiger partial charge in [0.1, 0.15) is 11.5 Å². The van der Waals surface area contributed by atoms with E-state index in [0.717, 1.165) is 18.0 Å². The van der Waals surface area contributed by atoms with Crippen molar-refractivity contribution in [2.24, 2.45) is 0 Å². The molecule has 1 aromatic carbocycles. The molecule has 1 aromatic heterocycles. The smallest absolute Gasteiger partial charge is 0.335 e. The summed E-state index contributed by atoms with van der Waals surface area (Å²) in [5.74, 6) is 0. The number of rotatable bonds is 4. The standard InChI is InChI=1S/C11H9FN2O3S/c12-18(15,16)10-6-13-11(14-7-10)17-8-9-4-2-1-3-5-9/h1-7H,8H2. The molecule has 0 aliphatic rings. The Bertz CT molecular complexity index is 614. The third-order valence-electron chi connectivity index (χ3n) is 2.10. The molecule has 7 heteroatoms. The minimum Gasteiger partial charge on any atom is -0.459 e. The highest BCUT2D eigenvalue weighted by Crippen LogP contribution is 2.12. The van der Waals surface area contributed by atoms with Crippen LogP contribution in [-0.2, 0) is 16.8 Å². The Kier molecular flexibility index (Phi) is 3.52. The highest BCUT2D eigenvalue weighted by molar-refractivity contribution is 7.86. The first-order chi connectivity index (χ1) is 8.55. The monoisotopic (exact) mass is 268 g/mol. The number of nitrogens with zero attached hydrogens (tertiary/aromatic N) is 2. The van der Waals surface area contributed by atoms with Gasteiger partial charge in [0.25, 0.3) is 0 Å². The van der Waals surface area contributed by atoms with Crippen molar-refractivity contribution in [3.8, 4) is 6.01 Å². The Labute approximate surface area is 103 Å². The van der Waals surface area contributed by atoms with E-state index >= 15 is 0 Å². The zero-order valence-corrected chi connectivity index (χ0v) is 9.97. The molecule has 0 unspecified atom stereocenters. The Morgan fingerprint density at radius 1 is 1.11 bits per heavy atom. The molecular formula is C11H9FN2O3S. The number of hydrogen-bond acceptors (Lipinski definition) is 5. The lowest BCUT2D eigenvalue weighted by molar-refractivity contribution is 0.280. The largest absolute Gasteiger partial charge is 0.459 e. The van der Waals surface area contributed by atoms with E-state index in [-0.39, 0.29) is 12.6 Å². The van der Waals surface area contributed by atoms with E-state index in [2.05, 4.69) is 9.97 Å². The second-order valence-electron chi connectivity index (χ2n) is 3.41. The maximum Gasteiger partial charge on any atom is 0.335 e. The molecule has 1 heterocycles. The summed E-state index contributed by atoms with van der Waals surface area (Å²) in [5.41, 5.74) is 0.920. The van der Waals surface area contributed by atoms with Crippen LogP contribution < -0.4 is 4.74 Å². The van der Waals surface area contributed by atoms with Crippen molar-refractivity contribution in [3.63, 3.8) is 0 Å². The number of halogens is 1. The lowest BCUT2D eigenvalue weighted by Gasteiger charge is -2.03. The van der Waals surface area contributed by atoms with E-state index in [9.17, 15) is 12.3 Å². The van der Waals surface area contributed by atoms with E-state index in [4.69, 9.17) is 4.74 Å². The molecule has 0 saturated carbocycles. The van der Waals surface area contributed by atoms with Gasteiger partial charge in [0, 0.05) is 0 Å². The van der Waals surface area contributed by atoms with Crippen molar-refractivity contribution in [3.05, 3.63) is 48.3 Å². The molecule has 0 spiro atoms. The molecule has 0 aliphatic heterocycles. The molecule has 18 heavy (non-hydrogen) atoms. The molecular weight excluding hydrogens is 259 g/mol. The van der Waals surface area contributed by atoms with Gasteiger partial charge in [0.05, 0.1) is 12.4 Å². The van der Waals surface area contributed by atoms with E-state index in [1.54, 1.807) is 0 Å². The van der Waals surface area contributed by atoms with Crippen LogP contribution in [0.2, 0.25) is 0 Å². The Hall–Kier alpha value is -2.02. The first-order valence-electron chi connectivity index (χ1n) is 4.99. The molecule has 2 aromatic rings. The van der Waals surface area contributed by atoms with Crippen LogP contribution in [0, 0.1) is 0 Å². The fourth-order valence-corrected chi connectivity index (χ4v) is 1.58. The predicted molar refractivity (Wildman–Crippen MR) is 61.1 cm³/mol. The summed E-state index contributed by atoms with van der Waals surface area (Å²) >= 11 is 0. The third-order valence-corrected chi connectivity index (χ3v) is 2.87. The van der Waals surface area contributed by atoms with Gasteiger partial charge < -0.3 is 4.74 Å². The zero-order valence-electron chi connectivity index (χ0n) is 9.15. The molecule has 0 atom stereocenters. The molecule has 0 aliphatic carbocycles. The van der Waals surface area contributed by atoms with Crippen molar-refractivity contribution in [2.45, 2.75) is 11.5 Å². The summed E-state index contributed by atoms with van der Waals surface area (Å²) in [6.45, 7) is 0.253. The molecule has 0 bridgehead atoms. The van der Waals surface area contributed by atoms with Gasteiger partial charge in [-0.1, -0.05) is 30.3 Å². The molecule has 5 nitrogen and oxygen atoms in total. The topological polar surface area (TPSA) is 69.2 Å². The number of benzene rings is 1. The maximum absolute atomic E-state index is 12.6. The van der Waals surface area contributed by atoms with Crippen LogP contribution in [0.25, 0.3) is 0 Å². The van der Waals surface area contributed by atoms with Crippen LogP contribution in [0.5, 0.6) is 6.01 Å². The maximum atomic E-state index is 12.6. The summed E-state index contributed by atoms with van der Waals surface area (Å²) in [7, 11) is -4.77. The third kappa shape index (κ3) is 3.24. The zero-order chi connectivity index (χ0) is 13.0. The highest BCUT2D eigenvalue weighted by atomic mass is 32.3. The first-order valence-corrected chi connectivity index (χ1v) is 6.37. The van der Waals surface area contributed by atoms with Gasteiger partial charge in [0.15, 0.2) is 0 Å². The quantitative estimate of drug-likeness (QED) is 0.789. The summed E-state index contributed by atoms with van der Waals surface area (Å²) < 4.78 is 38.8. The van der Waals surface area contributed by atoms with Crippen LogP contribution in [0.4, 0.5) is 3.89 Å². The van der Waals surface area contributed by atoms with Gasteiger partial charge in [-0.25, -0.2) is 9.97 Å². The molecule has 0 saturated heterocycles. The Balaban J connectivity index is 2.03. The van der Waals surface area contributed by atoms with E-state index in [1.807, 2.05) is 30.3 Å². The van der Waals surface area contributed by atoms with Crippen LogP contribution in [-0.4, -0.2) is 18.4 Å². The number of hydrogen-bond donors (Lipinski definition) is 0. The van der Waals surface area contributed by atoms with Crippen molar-refractivity contribution in [2.75, 3.05) is 0 Å².